The predicted octanol–water partition coefficient (Wildman–Crippen LogP) is 7.35. The number of thiazole rings is 1. The lowest BCUT2D eigenvalue weighted by atomic mass is 9.99. The van der Waals surface area contributed by atoms with E-state index in [1.165, 1.54) is 11.3 Å². The molecule has 0 aliphatic carbocycles. The molecule has 1 amide bonds. The van der Waals surface area contributed by atoms with Crippen LogP contribution in [0.25, 0.3) is 44.6 Å². The molecule has 0 fully saturated rings. The van der Waals surface area contributed by atoms with Crippen LogP contribution in [0, 0.1) is 0 Å². The molecule has 7 nitrogen and oxygen atoms in total. The number of amides is 1. The van der Waals surface area contributed by atoms with Crippen LogP contribution >= 0.6 is 11.3 Å². The second-order valence-electron chi connectivity index (χ2n) is 8.89. The first kappa shape index (κ1) is 24.5. The number of oxazole rings is 1. The highest BCUT2D eigenvalue weighted by Crippen LogP contribution is 2.33. The number of hydrogen-bond acceptors (Lipinski definition) is 7. The molecule has 0 aliphatic rings. The van der Waals surface area contributed by atoms with Gasteiger partial charge in [-0.15, -0.1) is 11.3 Å². The average molecular weight is 534 g/mol. The molecule has 0 spiro atoms. The van der Waals surface area contributed by atoms with E-state index in [0.717, 1.165) is 22.2 Å². The Morgan fingerprint density at radius 1 is 0.923 bits per heavy atom. The van der Waals surface area contributed by atoms with Gasteiger partial charge >= 0.3 is 5.97 Å². The number of benzene rings is 4. The molecule has 192 valence electrons. The third-order valence-electron chi connectivity index (χ3n) is 6.37. The van der Waals surface area contributed by atoms with Gasteiger partial charge in [0.05, 0.1) is 11.3 Å². The number of rotatable bonds is 7. The molecule has 1 unspecified atom stereocenters. The molecule has 6 rings (SSSR count). The number of nitrogens with one attached hydrogen (secondary N) is 1. The van der Waals surface area contributed by atoms with Crippen LogP contribution in [0.4, 0.5) is 5.13 Å². The van der Waals surface area contributed by atoms with Crippen molar-refractivity contribution in [3.05, 3.63) is 102 Å². The van der Waals surface area contributed by atoms with Crippen LogP contribution in [0.15, 0.2) is 101 Å². The summed E-state index contributed by atoms with van der Waals surface area (Å²) in [5.74, 6) is -0.626. The predicted molar refractivity (Wildman–Crippen MR) is 153 cm³/mol. The van der Waals surface area contributed by atoms with Crippen molar-refractivity contribution < 1.29 is 18.7 Å². The lowest BCUT2D eigenvalue weighted by Crippen LogP contribution is -2.32. The molecular weight excluding hydrogens is 510 g/mol. The minimum atomic E-state index is -0.992. The number of fused-ring (bicyclic) bond motifs is 2. The van der Waals surface area contributed by atoms with Crippen LogP contribution < -0.4 is 5.32 Å². The van der Waals surface area contributed by atoms with E-state index in [0.29, 0.717) is 39.5 Å². The van der Waals surface area contributed by atoms with Crippen molar-refractivity contribution in [1.82, 2.24) is 9.97 Å². The van der Waals surface area contributed by atoms with Gasteiger partial charge in [-0.1, -0.05) is 73.7 Å². The van der Waals surface area contributed by atoms with Gasteiger partial charge in [-0.3, -0.25) is 10.1 Å². The third-order valence-corrected chi connectivity index (χ3v) is 7.12. The van der Waals surface area contributed by atoms with E-state index in [1.54, 1.807) is 19.1 Å². The van der Waals surface area contributed by atoms with E-state index in [2.05, 4.69) is 15.3 Å². The molecule has 1 atom stereocenters. The van der Waals surface area contributed by atoms with Gasteiger partial charge < -0.3 is 9.15 Å². The summed E-state index contributed by atoms with van der Waals surface area (Å²) in [6.07, 6.45) is -0.689. The van der Waals surface area contributed by atoms with E-state index in [4.69, 9.17) is 9.15 Å². The number of nitrogens with zero attached hydrogens (tertiary/aromatic N) is 2. The summed E-state index contributed by atoms with van der Waals surface area (Å²) in [5, 5.41) is 6.60. The van der Waals surface area contributed by atoms with Crippen molar-refractivity contribution in [2.45, 2.75) is 19.4 Å². The van der Waals surface area contributed by atoms with Gasteiger partial charge in [0.2, 0.25) is 5.89 Å². The summed E-state index contributed by atoms with van der Waals surface area (Å²) in [4.78, 5) is 35.7. The summed E-state index contributed by atoms with van der Waals surface area (Å²) in [6.45, 7) is 1.79. The first-order valence-corrected chi connectivity index (χ1v) is 13.4. The van der Waals surface area contributed by atoms with E-state index < -0.39 is 18.0 Å². The fourth-order valence-electron chi connectivity index (χ4n) is 4.45. The maximum absolute atomic E-state index is 13.5. The van der Waals surface area contributed by atoms with Gasteiger partial charge in [0, 0.05) is 21.9 Å². The lowest BCUT2D eigenvalue weighted by molar-refractivity contribution is -0.124. The second-order valence-corrected chi connectivity index (χ2v) is 9.75. The number of esters is 1. The Kier molecular flexibility index (Phi) is 6.61. The van der Waals surface area contributed by atoms with E-state index in [1.807, 2.05) is 84.2 Å². The van der Waals surface area contributed by atoms with Crippen LogP contribution in [0.1, 0.15) is 23.7 Å². The molecule has 1 N–H and O–H groups in total. The van der Waals surface area contributed by atoms with E-state index in [-0.39, 0.29) is 0 Å². The fourth-order valence-corrected chi connectivity index (χ4v) is 5.17. The molecule has 0 radical (unpaired) electrons. The first-order valence-electron chi connectivity index (χ1n) is 12.5. The van der Waals surface area contributed by atoms with Crippen molar-refractivity contribution in [2.75, 3.05) is 5.32 Å². The average Bonchev–Trinajstić information content (AvgIpc) is 3.63. The molecule has 6 aromatic rings. The number of ether oxygens (including phenoxy) is 1. The fraction of sp³-hybridized carbons (Fsp3) is 0.0968. The Hall–Kier alpha value is -4.82. The molecular formula is C31H23N3O4S. The van der Waals surface area contributed by atoms with Crippen molar-refractivity contribution in [3.63, 3.8) is 0 Å². The minimum Gasteiger partial charge on any atom is -0.449 e. The van der Waals surface area contributed by atoms with Gasteiger partial charge in [0.1, 0.15) is 5.52 Å². The molecule has 8 heteroatoms. The standard InChI is InChI=1S/C31H23N3O4S/c1-2-25(28(35)34-31-33-24(18-39-31)19-10-4-3-5-11-19)38-30(36)22-15-9-13-20-12-8-14-21(27(20)22)29-32-23-16-6-7-17-26(23)37-29/h3-18,25H,2H2,1H3,(H,33,34,35). The molecule has 0 saturated heterocycles. The monoisotopic (exact) mass is 533 g/mol. The van der Waals surface area contributed by atoms with Crippen LogP contribution in [-0.2, 0) is 9.53 Å². The topological polar surface area (TPSA) is 94.3 Å². The molecule has 4 aromatic carbocycles. The van der Waals surface area contributed by atoms with Gasteiger partial charge in [-0.25, -0.2) is 14.8 Å². The quantitative estimate of drug-likeness (QED) is 0.216. The molecule has 2 aromatic heterocycles. The number of aromatic nitrogens is 2. The number of para-hydroxylation sites is 2. The number of anilines is 1. The Bertz CT molecular complexity index is 1770. The summed E-state index contributed by atoms with van der Waals surface area (Å²) < 4.78 is 11.7. The van der Waals surface area contributed by atoms with Crippen LogP contribution in [0.2, 0.25) is 0 Å². The summed E-state index contributed by atoms with van der Waals surface area (Å²) in [5.41, 5.74) is 4.11. The number of hydrogen-bond donors (Lipinski definition) is 1. The zero-order chi connectivity index (χ0) is 26.8. The third kappa shape index (κ3) is 4.89. The van der Waals surface area contributed by atoms with Gasteiger partial charge in [-0.2, -0.15) is 0 Å². The van der Waals surface area contributed by atoms with E-state index >= 15 is 0 Å². The van der Waals surface area contributed by atoms with Crippen molar-refractivity contribution in [2.24, 2.45) is 0 Å². The zero-order valence-electron chi connectivity index (χ0n) is 21.0. The normalized spacial score (nSPS) is 11.9. The van der Waals surface area contributed by atoms with Crippen LogP contribution in [0.5, 0.6) is 0 Å². The molecule has 0 saturated carbocycles. The van der Waals surface area contributed by atoms with Crippen molar-refractivity contribution in [3.8, 4) is 22.7 Å². The highest BCUT2D eigenvalue weighted by Gasteiger charge is 2.25. The largest absolute Gasteiger partial charge is 0.449 e. The maximum atomic E-state index is 13.5. The van der Waals surface area contributed by atoms with E-state index in [9.17, 15) is 9.59 Å². The second kappa shape index (κ2) is 10.5. The SMILES string of the molecule is CCC(OC(=O)c1cccc2cccc(-c3nc4ccccc4o3)c12)C(=O)Nc1nc(-c2ccccc2)cs1. The number of carbonyl (C=O) groups is 2. The summed E-state index contributed by atoms with van der Waals surface area (Å²) >= 11 is 1.32. The van der Waals surface area contributed by atoms with Crippen LogP contribution in [-0.4, -0.2) is 27.9 Å². The van der Waals surface area contributed by atoms with Gasteiger partial charge in [-0.05, 0) is 36.1 Å². The smallest absolute Gasteiger partial charge is 0.339 e. The lowest BCUT2D eigenvalue weighted by Gasteiger charge is -2.16. The number of carbonyl (C=O) groups excluding carboxylic acids is 2. The summed E-state index contributed by atoms with van der Waals surface area (Å²) in [7, 11) is 0. The molecule has 39 heavy (non-hydrogen) atoms. The molecule has 0 aliphatic heterocycles. The van der Waals surface area contributed by atoms with Gasteiger partial charge in [0.25, 0.3) is 5.91 Å². The minimum absolute atomic E-state index is 0.303. The molecule has 0 bridgehead atoms. The van der Waals surface area contributed by atoms with Gasteiger partial charge in [0.15, 0.2) is 16.8 Å². The molecule has 2 heterocycles. The van der Waals surface area contributed by atoms with Crippen molar-refractivity contribution in [1.29, 1.82) is 0 Å². The summed E-state index contributed by atoms with van der Waals surface area (Å²) in [6, 6.07) is 28.3. The van der Waals surface area contributed by atoms with Crippen LogP contribution in [0.3, 0.4) is 0 Å². The highest BCUT2D eigenvalue weighted by atomic mass is 32.1. The first-order chi connectivity index (χ1) is 19.1. The maximum Gasteiger partial charge on any atom is 0.339 e. The Balaban J connectivity index is 1.26. The van der Waals surface area contributed by atoms with Crippen molar-refractivity contribution >= 4 is 50.2 Å². The Morgan fingerprint density at radius 2 is 1.69 bits per heavy atom. The zero-order valence-corrected chi connectivity index (χ0v) is 21.8. The highest BCUT2D eigenvalue weighted by molar-refractivity contribution is 7.14. The Labute approximate surface area is 228 Å². The Morgan fingerprint density at radius 3 is 2.49 bits per heavy atom.